The largest absolute Gasteiger partial charge is 0.369 e. The predicted molar refractivity (Wildman–Crippen MR) is 112 cm³/mol. The standard InChI is InChI=1S/C24H33N3O2/c25-22(29)19-6-8-27(9-7-19)15-21(28)26-24-13-17-10-18(14-24)12-23(11-17,16-24)20-4-2-1-3-5-20/h1-5,17-19H,6-16H2,(H2,25,29)(H,26,28)/t17-,18+,23?,24?. The Hall–Kier alpha value is -1.88. The van der Waals surface area contributed by atoms with Gasteiger partial charge in [0.2, 0.25) is 11.8 Å². The smallest absolute Gasteiger partial charge is 0.234 e. The van der Waals surface area contributed by atoms with Gasteiger partial charge in [0.25, 0.3) is 0 Å². The van der Waals surface area contributed by atoms with Gasteiger partial charge in [0, 0.05) is 11.5 Å². The van der Waals surface area contributed by atoms with Crippen LogP contribution in [-0.2, 0) is 15.0 Å². The van der Waals surface area contributed by atoms with E-state index in [4.69, 9.17) is 5.73 Å². The first-order chi connectivity index (χ1) is 14.0. The molecule has 5 aliphatic rings. The van der Waals surface area contributed by atoms with Gasteiger partial charge in [-0.2, -0.15) is 0 Å². The van der Waals surface area contributed by atoms with E-state index in [-0.39, 0.29) is 28.7 Å². The van der Waals surface area contributed by atoms with Crippen molar-refractivity contribution < 1.29 is 9.59 Å². The summed E-state index contributed by atoms with van der Waals surface area (Å²) in [5.74, 6) is 1.41. The Kier molecular flexibility index (Phi) is 4.69. The van der Waals surface area contributed by atoms with E-state index in [0.29, 0.717) is 6.54 Å². The third-order valence-electron chi connectivity index (χ3n) is 8.21. The highest BCUT2D eigenvalue weighted by Gasteiger charge is 2.58. The summed E-state index contributed by atoms with van der Waals surface area (Å²) in [5.41, 5.74) is 7.13. The molecule has 29 heavy (non-hydrogen) atoms. The van der Waals surface area contributed by atoms with Crippen molar-refractivity contribution in [3.63, 3.8) is 0 Å². The zero-order valence-electron chi connectivity index (χ0n) is 17.2. The summed E-state index contributed by atoms with van der Waals surface area (Å²) >= 11 is 0. The van der Waals surface area contributed by atoms with Gasteiger partial charge in [-0.1, -0.05) is 30.3 Å². The van der Waals surface area contributed by atoms with E-state index >= 15 is 0 Å². The molecule has 1 heterocycles. The number of amides is 2. The molecule has 1 aromatic carbocycles. The first kappa shape index (κ1) is 19.1. The van der Waals surface area contributed by atoms with Crippen molar-refractivity contribution in [2.24, 2.45) is 23.5 Å². The maximum absolute atomic E-state index is 13.0. The molecule has 1 aliphatic heterocycles. The molecule has 1 aromatic rings. The summed E-state index contributed by atoms with van der Waals surface area (Å²) in [7, 11) is 0. The molecule has 5 nitrogen and oxygen atoms in total. The van der Waals surface area contributed by atoms with Crippen LogP contribution in [0.1, 0.15) is 56.9 Å². The van der Waals surface area contributed by atoms with Gasteiger partial charge in [0.1, 0.15) is 0 Å². The lowest BCUT2D eigenvalue weighted by Gasteiger charge is -2.62. The normalized spacial score (nSPS) is 36.8. The van der Waals surface area contributed by atoms with Crippen LogP contribution in [0.3, 0.4) is 0 Å². The number of carbonyl (C=O) groups is 2. The van der Waals surface area contributed by atoms with Crippen LogP contribution in [0.4, 0.5) is 0 Å². The number of primary amides is 1. The number of hydrogen-bond donors (Lipinski definition) is 2. The topological polar surface area (TPSA) is 75.4 Å². The second kappa shape index (κ2) is 7.12. The maximum atomic E-state index is 13.0. The maximum Gasteiger partial charge on any atom is 0.234 e. The number of nitrogens with zero attached hydrogens (tertiary/aromatic N) is 1. The summed E-state index contributed by atoms with van der Waals surface area (Å²) in [6.45, 7) is 2.02. The zero-order chi connectivity index (χ0) is 20.1. The Morgan fingerprint density at radius 2 is 1.69 bits per heavy atom. The number of piperidine rings is 1. The van der Waals surface area contributed by atoms with Gasteiger partial charge in [-0.05, 0) is 87.3 Å². The second-order valence-electron chi connectivity index (χ2n) is 10.4. The minimum atomic E-state index is -0.200. The minimum Gasteiger partial charge on any atom is -0.369 e. The fourth-order valence-corrected chi connectivity index (χ4v) is 7.45. The molecule has 5 fully saturated rings. The van der Waals surface area contributed by atoms with Crippen molar-refractivity contribution in [3.8, 4) is 0 Å². The lowest BCUT2D eigenvalue weighted by molar-refractivity contribution is -0.129. The Labute approximate surface area is 173 Å². The van der Waals surface area contributed by atoms with E-state index in [1.807, 2.05) is 0 Å². The number of benzene rings is 1. The van der Waals surface area contributed by atoms with E-state index in [0.717, 1.165) is 57.0 Å². The molecule has 4 saturated carbocycles. The lowest BCUT2D eigenvalue weighted by Crippen LogP contribution is -2.65. The molecule has 4 aliphatic carbocycles. The molecule has 6 rings (SSSR count). The minimum absolute atomic E-state index is 0.0248. The molecule has 2 unspecified atom stereocenters. The fraction of sp³-hybridized carbons (Fsp3) is 0.667. The lowest BCUT2D eigenvalue weighted by atomic mass is 9.45. The molecule has 4 atom stereocenters. The van der Waals surface area contributed by atoms with Crippen LogP contribution in [0.25, 0.3) is 0 Å². The van der Waals surface area contributed by atoms with Crippen molar-refractivity contribution in [1.82, 2.24) is 10.2 Å². The highest BCUT2D eigenvalue weighted by Crippen LogP contribution is 2.62. The van der Waals surface area contributed by atoms with Crippen molar-refractivity contribution in [2.75, 3.05) is 19.6 Å². The van der Waals surface area contributed by atoms with Crippen LogP contribution in [0.2, 0.25) is 0 Å². The molecule has 0 radical (unpaired) electrons. The molecule has 3 N–H and O–H groups in total. The van der Waals surface area contributed by atoms with Crippen LogP contribution in [-0.4, -0.2) is 41.9 Å². The zero-order valence-corrected chi connectivity index (χ0v) is 17.2. The van der Waals surface area contributed by atoms with E-state index < -0.39 is 0 Å². The summed E-state index contributed by atoms with van der Waals surface area (Å²) in [5, 5.41) is 3.53. The average Bonchev–Trinajstić information content (AvgIpc) is 2.67. The van der Waals surface area contributed by atoms with Crippen molar-refractivity contribution in [1.29, 1.82) is 0 Å². The summed E-state index contributed by atoms with van der Waals surface area (Å²) in [6, 6.07) is 11.0. The average molecular weight is 396 g/mol. The molecular formula is C24H33N3O2. The summed E-state index contributed by atoms with van der Waals surface area (Å²) in [4.78, 5) is 26.6. The molecule has 156 valence electrons. The van der Waals surface area contributed by atoms with Crippen LogP contribution in [0.5, 0.6) is 0 Å². The molecule has 2 amide bonds. The quantitative estimate of drug-likeness (QED) is 0.805. The third kappa shape index (κ3) is 3.58. The molecular weight excluding hydrogens is 362 g/mol. The van der Waals surface area contributed by atoms with Crippen LogP contribution in [0.15, 0.2) is 30.3 Å². The highest BCUT2D eigenvalue weighted by molar-refractivity contribution is 5.79. The Morgan fingerprint density at radius 3 is 2.31 bits per heavy atom. The number of hydrogen-bond acceptors (Lipinski definition) is 3. The van der Waals surface area contributed by atoms with Crippen LogP contribution >= 0.6 is 0 Å². The SMILES string of the molecule is NC(=O)C1CCN(CC(=O)NC23C[C@H]4C[C@@H](C2)CC(c2ccccc2)(C4)C3)CC1. The molecule has 4 bridgehead atoms. The Morgan fingerprint density at radius 1 is 1.03 bits per heavy atom. The van der Waals surface area contributed by atoms with Crippen molar-refractivity contribution in [3.05, 3.63) is 35.9 Å². The van der Waals surface area contributed by atoms with E-state index in [2.05, 4.69) is 40.5 Å². The van der Waals surface area contributed by atoms with E-state index in [1.54, 1.807) is 0 Å². The number of likely N-dealkylation sites (tertiary alicyclic amines) is 1. The Bertz CT molecular complexity index is 771. The summed E-state index contributed by atoms with van der Waals surface area (Å²) < 4.78 is 0. The van der Waals surface area contributed by atoms with Gasteiger partial charge in [-0.3, -0.25) is 14.5 Å². The van der Waals surface area contributed by atoms with Gasteiger partial charge in [0.05, 0.1) is 6.54 Å². The van der Waals surface area contributed by atoms with Crippen molar-refractivity contribution >= 4 is 11.8 Å². The van der Waals surface area contributed by atoms with Crippen molar-refractivity contribution in [2.45, 2.75) is 62.3 Å². The number of rotatable bonds is 5. The highest BCUT2D eigenvalue weighted by atomic mass is 16.2. The van der Waals surface area contributed by atoms with Gasteiger partial charge in [-0.15, -0.1) is 0 Å². The van der Waals surface area contributed by atoms with Gasteiger partial charge >= 0.3 is 0 Å². The third-order valence-corrected chi connectivity index (χ3v) is 8.21. The number of nitrogens with one attached hydrogen (secondary N) is 1. The van der Waals surface area contributed by atoms with Crippen LogP contribution in [0, 0.1) is 17.8 Å². The fourth-order valence-electron chi connectivity index (χ4n) is 7.45. The number of nitrogens with two attached hydrogens (primary N) is 1. The second-order valence-corrected chi connectivity index (χ2v) is 10.4. The first-order valence-corrected chi connectivity index (χ1v) is 11.3. The van der Waals surface area contributed by atoms with Crippen LogP contribution < -0.4 is 11.1 Å². The molecule has 0 aromatic heterocycles. The van der Waals surface area contributed by atoms with Gasteiger partial charge < -0.3 is 11.1 Å². The predicted octanol–water partition coefficient (Wildman–Crippen LogP) is 2.59. The van der Waals surface area contributed by atoms with Gasteiger partial charge in [0.15, 0.2) is 0 Å². The number of carbonyl (C=O) groups excluding carboxylic acids is 2. The first-order valence-electron chi connectivity index (χ1n) is 11.3. The van der Waals surface area contributed by atoms with E-state index in [1.165, 1.54) is 24.8 Å². The summed E-state index contributed by atoms with van der Waals surface area (Å²) in [6.07, 6.45) is 8.84. The molecule has 0 spiro atoms. The molecule has 5 heteroatoms. The molecule has 1 saturated heterocycles. The monoisotopic (exact) mass is 395 g/mol. The van der Waals surface area contributed by atoms with Gasteiger partial charge in [-0.25, -0.2) is 0 Å². The van der Waals surface area contributed by atoms with E-state index in [9.17, 15) is 9.59 Å². The Balaban J connectivity index is 1.26.